The molecule has 10 heteroatoms. The number of hydrogen-bond donors (Lipinski definition) is 3. The van der Waals surface area contributed by atoms with Gasteiger partial charge in [-0.05, 0) is 31.7 Å². The number of halogens is 3. The maximum atomic E-state index is 12.1. The Morgan fingerprint density at radius 3 is 2.24 bits per heavy atom. The van der Waals surface area contributed by atoms with Crippen molar-refractivity contribution in [2.24, 2.45) is 5.73 Å². The summed E-state index contributed by atoms with van der Waals surface area (Å²) in [5.41, 5.74) is 5.71. The van der Waals surface area contributed by atoms with Gasteiger partial charge in [0.05, 0.1) is 6.04 Å². The van der Waals surface area contributed by atoms with Crippen LogP contribution in [0.5, 0.6) is 0 Å². The van der Waals surface area contributed by atoms with Gasteiger partial charge >= 0.3 is 12.2 Å². The molecule has 0 aliphatic heterocycles. The first-order valence-electron chi connectivity index (χ1n) is 7.24. The Bertz CT molecular complexity index is 632. The van der Waals surface area contributed by atoms with E-state index in [9.17, 15) is 27.6 Å². The molecule has 4 amide bonds. The molecule has 0 heterocycles. The summed E-state index contributed by atoms with van der Waals surface area (Å²) in [4.78, 5) is 35.6. The molecule has 0 bridgehead atoms. The van der Waals surface area contributed by atoms with Crippen LogP contribution in [0.4, 0.5) is 18.0 Å². The molecule has 7 nitrogen and oxygen atoms in total. The van der Waals surface area contributed by atoms with Gasteiger partial charge in [0.1, 0.15) is 6.54 Å². The van der Waals surface area contributed by atoms with E-state index in [0.29, 0.717) is 6.54 Å². The van der Waals surface area contributed by atoms with Crippen LogP contribution in [0.25, 0.3) is 0 Å². The van der Waals surface area contributed by atoms with E-state index in [2.05, 4.69) is 0 Å². The molecular weight excluding hydrogens is 341 g/mol. The van der Waals surface area contributed by atoms with Crippen molar-refractivity contribution in [2.45, 2.75) is 25.7 Å². The third-order valence-electron chi connectivity index (χ3n) is 3.38. The van der Waals surface area contributed by atoms with Crippen molar-refractivity contribution in [3.05, 3.63) is 35.4 Å². The Balaban J connectivity index is 2.63. The molecule has 25 heavy (non-hydrogen) atoms. The van der Waals surface area contributed by atoms with Crippen LogP contribution in [-0.4, -0.2) is 48.6 Å². The molecule has 0 radical (unpaired) electrons. The first kappa shape index (κ1) is 20.4. The number of nitrogens with one attached hydrogen (secondary N) is 2. The third-order valence-corrected chi connectivity index (χ3v) is 3.38. The SMILES string of the molecule is CC(C(=O)NC(N)=O)N(C)Cc1ccc(C(=O)NCC(F)(F)F)cc1. The molecule has 1 atom stereocenters. The van der Waals surface area contributed by atoms with E-state index in [0.717, 1.165) is 5.56 Å². The Morgan fingerprint density at radius 1 is 1.20 bits per heavy atom. The fourth-order valence-electron chi connectivity index (χ4n) is 1.90. The van der Waals surface area contributed by atoms with E-state index in [-0.39, 0.29) is 5.56 Å². The van der Waals surface area contributed by atoms with E-state index < -0.39 is 36.6 Å². The number of carbonyl (C=O) groups is 3. The van der Waals surface area contributed by atoms with Gasteiger partial charge in [0.25, 0.3) is 5.91 Å². The van der Waals surface area contributed by atoms with Crippen LogP contribution >= 0.6 is 0 Å². The molecule has 1 unspecified atom stereocenters. The summed E-state index contributed by atoms with van der Waals surface area (Å²) < 4.78 is 36.2. The van der Waals surface area contributed by atoms with E-state index in [1.165, 1.54) is 12.1 Å². The number of primary amides is 1. The number of benzene rings is 1. The van der Waals surface area contributed by atoms with Crippen LogP contribution < -0.4 is 16.4 Å². The van der Waals surface area contributed by atoms with Gasteiger partial charge in [0.2, 0.25) is 5.91 Å². The van der Waals surface area contributed by atoms with Gasteiger partial charge in [-0.3, -0.25) is 19.8 Å². The zero-order valence-corrected chi connectivity index (χ0v) is 13.7. The normalized spacial score (nSPS) is 12.6. The number of nitrogens with zero attached hydrogens (tertiary/aromatic N) is 1. The summed E-state index contributed by atoms with van der Waals surface area (Å²) >= 11 is 0. The van der Waals surface area contributed by atoms with E-state index in [4.69, 9.17) is 5.73 Å². The number of urea groups is 1. The fraction of sp³-hybridized carbons (Fsp3) is 0.400. The molecule has 0 saturated carbocycles. The van der Waals surface area contributed by atoms with Crippen molar-refractivity contribution in [3.63, 3.8) is 0 Å². The number of carbonyl (C=O) groups excluding carboxylic acids is 3. The highest BCUT2D eigenvalue weighted by atomic mass is 19.4. The van der Waals surface area contributed by atoms with E-state index >= 15 is 0 Å². The lowest BCUT2D eigenvalue weighted by atomic mass is 10.1. The standard InChI is InChI=1S/C15H19F3N4O3/c1-9(12(23)21-14(19)25)22(2)7-10-3-5-11(6-4-10)13(24)20-8-15(16,17)18/h3-6,9H,7-8H2,1-2H3,(H,20,24)(H3,19,21,23,25). The van der Waals surface area contributed by atoms with Crippen molar-refractivity contribution in [1.82, 2.24) is 15.5 Å². The van der Waals surface area contributed by atoms with Crippen LogP contribution in [0.2, 0.25) is 0 Å². The second-order valence-corrected chi connectivity index (χ2v) is 5.44. The van der Waals surface area contributed by atoms with Crippen LogP contribution in [0.1, 0.15) is 22.8 Å². The van der Waals surface area contributed by atoms with Gasteiger partial charge in [0.15, 0.2) is 0 Å². The minimum atomic E-state index is -4.47. The van der Waals surface area contributed by atoms with Gasteiger partial charge in [0, 0.05) is 12.1 Å². The Labute approximate surface area is 142 Å². The summed E-state index contributed by atoms with van der Waals surface area (Å²) in [7, 11) is 1.65. The van der Waals surface area contributed by atoms with Crippen LogP contribution in [-0.2, 0) is 11.3 Å². The predicted octanol–water partition coefficient (Wildman–Crippen LogP) is 0.994. The largest absolute Gasteiger partial charge is 0.405 e. The quantitative estimate of drug-likeness (QED) is 0.704. The number of alkyl halides is 3. The molecule has 138 valence electrons. The van der Waals surface area contributed by atoms with Crippen LogP contribution in [0.3, 0.4) is 0 Å². The van der Waals surface area contributed by atoms with Crippen molar-refractivity contribution >= 4 is 17.8 Å². The maximum Gasteiger partial charge on any atom is 0.405 e. The Kier molecular flexibility index (Phi) is 6.92. The predicted molar refractivity (Wildman–Crippen MR) is 83.5 cm³/mol. The van der Waals surface area contributed by atoms with Crippen molar-refractivity contribution in [2.75, 3.05) is 13.6 Å². The zero-order valence-electron chi connectivity index (χ0n) is 13.7. The first-order chi connectivity index (χ1) is 11.5. The van der Waals surface area contributed by atoms with Crippen molar-refractivity contribution < 1.29 is 27.6 Å². The maximum absolute atomic E-state index is 12.1. The average molecular weight is 360 g/mol. The van der Waals surface area contributed by atoms with Gasteiger partial charge in [-0.15, -0.1) is 0 Å². The van der Waals surface area contributed by atoms with Gasteiger partial charge in [-0.25, -0.2) is 4.79 Å². The lowest BCUT2D eigenvalue weighted by Gasteiger charge is -2.23. The summed E-state index contributed by atoms with van der Waals surface area (Å²) in [6.45, 7) is 0.498. The Hall–Kier alpha value is -2.62. The highest BCUT2D eigenvalue weighted by Crippen LogP contribution is 2.13. The van der Waals surface area contributed by atoms with E-state index in [1.54, 1.807) is 36.3 Å². The lowest BCUT2D eigenvalue weighted by molar-refractivity contribution is -0.124. The minimum absolute atomic E-state index is 0.0928. The van der Waals surface area contributed by atoms with Crippen molar-refractivity contribution in [1.29, 1.82) is 0 Å². The third kappa shape index (κ3) is 7.21. The monoisotopic (exact) mass is 360 g/mol. The number of likely N-dealkylation sites (N-methyl/N-ethyl adjacent to an activating group) is 1. The second kappa shape index (κ2) is 8.47. The highest BCUT2D eigenvalue weighted by Gasteiger charge is 2.27. The number of rotatable bonds is 6. The molecule has 0 aromatic heterocycles. The molecule has 0 saturated heterocycles. The number of nitrogens with two attached hydrogens (primary N) is 1. The van der Waals surface area contributed by atoms with Gasteiger partial charge in [-0.1, -0.05) is 12.1 Å². The highest BCUT2D eigenvalue weighted by molar-refractivity contribution is 5.96. The van der Waals surface area contributed by atoms with Crippen LogP contribution in [0.15, 0.2) is 24.3 Å². The smallest absolute Gasteiger partial charge is 0.351 e. The molecule has 0 spiro atoms. The summed E-state index contributed by atoms with van der Waals surface area (Å²) in [5, 5.41) is 3.75. The zero-order chi connectivity index (χ0) is 19.2. The lowest BCUT2D eigenvalue weighted by Crippen LogP contribution is -2.46. The number of amides is 4. The van der Waals surface area contributed by atoms with Gasteiger partial charge < -0.3 is 11.1 Å². The molecular formula is C15H19F3N4O3. The molecule has 0 fully saturated rings. The second-order valence-electron chi connectivity index (χ2n) is 5.44. The number of imide groups is 1. The van der Waals surface area contributed by atoms with Crippen LogP contribution in [0, 0.1) is 0 Å². The molecule has 1 rings (SSSR count). The minimum Gasteiger partial charge on any atom is -0.351 e. The molecule has 0 aliphatic rings. The average Bonchev–Trinajstić information content (AvgIpc) is 2.51. The van der Waals surface area contributed by atoms with Gasteiger partial charge in [-0.2, -0.15) is 13.2 Å². The molecule has 1 aromatic rings. The number of hydrogen-bond acceptors (Lipinski definition) is 4. The molecule has 4 N–H and O–H groups in total. The first-order valence-corrected chi connectivity index (χ1v) is 7.24. The Morgan fingerprint density at radius 2 is 1.76 bits per heavy atom. The molecule has 1 aromatic carbocycles. The molecule has 0 aliphatic carbocycles. The topological polar surface area (TPSA) is 105 Å². The summed E-state index contributed by atoms with van der Waals surface area (Å²) in [6.07, 6.45) is -4.47. The van der Waals surface area contributed by atoms with Crippen molar-refractivity contribution in [3.8, 4) is 0 Å². The van der Waals surface area contributed by atoms with E-state index in [1.807, 2.05) is 5.32 Å². The summed E-state index contributed by atoms with van der Waals surface area (Å²) in [6, 6.07) is 4.34. The summed E-state index contributed by atoms with van der Waals surface area (Å²) in [5.74, 6) is -1.38. The fourth-order valence-corrected chi connectivity index (χ4v) is 1.90.